The van der Waals surface area contributed by atoms with Crippen LogP contribution in [-0.4, -0.2) is 36.9 Å². The Balaban J connectivity index is 1.74. The lowest BCUT2D eigenvalue weighted by atomic mass is 9.98. The van der Waals surface area contributed by atoms with Crippen molar-refractivity contribution in [2.24, 2.45) is 5.92 Å². The number of carbonyl (C=O) groups excluding carboxylic acids is 1. The molecule has 1 saturated heterocycles. The number of sulfonamides is 1. The van der Waals surface area contributed by atoms with Gasteiger partial charge < -0.3 is 9.84 Å². The number of anilines is 1. The van der Waals surface area contributed by atoms with Gasteiger partial charge >= 0.3 is 0 Å². The van der Waals surface area contributed by atoms with E-state index in [-0.39, 0.29) is 29.0 Å². The van der Waals surface area contributed by atoms with Gasteiger partial charge in [-0.3, -0.25) is 4.79 Å². The van der Waals surface area contributed by atoms with Crippen LogP contribution in [0.4, 0.5) is 5.69 Å². The molecule has 0 aliphatic carbocycles. The highest BCUT2D eigenvalue weighted by molar-refractivity contribution is 7.89. The predicted octanol–water partition coefficient (Wildman–Crippen LogP) is 2.89. The van der Waals surface area contributed by atoms with E-state index in [2.05, 4.69) is 17.4 Å². The van der Waals surface area contributed by atoms with Crippen molar-refractivity contribution in [3.63, 3.8) is 0 Å². The van der Waals surface area contributed by atoms with Crippen LogP contribution in [0.2, 0.25) is 0 Å². The van der Waals surface area contributed by atoms with Gasteiger partial charge in [0.15, 0.2) is 5.76 Å². The van der Waals surface area contributed by atoms with Crippen LogP contribution >= 0.6 is 0 Å². The van der Waals surface area contributed by atoms with E-state index in [0.717, 1.165) is 17.7 Å². The first kappa shape index (κ1) is 19.6. The van der Waals surface area contributed by atoms with Gasteiger partial charge in [0.05, 0.1) is 5.92 Å². The minimum absolute atomic E-state index is 0.110. The summed E-state index contributed by atoms with van der Waals surface area (Å²) in [7, 11) is -3.73. The van der Waals surface area contributed by atoms with E-state index in [1.54, 1.807) is 13.8 Å². The lowest BCUT2D eigenvalue weighted by Gasteiger charge is -2.31. The molecule has 0 saturated carbocycles. The second kappa shape index (κ2) is 7.82. The fraction of sp³-hybridized carbons (Fsp3) is 0.474. The number of carbonyl (C=O) groups is 1. The zero-order chi connectivity index (χ0) is 19.6. The van der Waals surface area contributed by atoms with Gasteiger partial charge in [-0.05, 0) is 50.8 Å². The summed E-state index contributed by atoms with van der Waals surface area (Å²) in [6, 6.07) is 7.70. The molecule has 146 valence electrons. The Labute approximate surface area is 159 Å². The summed E-state index contributed by atoms with van der Waals surface area (Å²) in [5.41, 5.74) is 2.22. The maximum absolute atomic E-state index is 13.0. The first-order valence-electron chi connectivity index (χ1n) is 9.15. The summed E-state index contributed by atoms with van der Waals surface area (Å²) >= 11 is 0. The number of amides is 1. The second-order valence-corrected chi connectivity index (χ2v) is 8.77. The van der Waals surface area contributed by atoms with Gasteiger partial charge in [-0.25, -0.2) is 8.42 Å². The van der Waals surface area contributed by atoms with Crippen molar-refractivity contribution in [1.82, 2.24) is 9.46 Å². The van der Waals surface area contributed by atoms with Gasteiger partial charge in [-0.1, -0.05) is 24.2 Å². The molecule has 0 radical (unpaired) electrons. The maximum Gasteiger partial charge on any atom is 0.248 e. The highest BCUT2D eigenvalue weighted by Crippen LogP contribution is 2.28. The van der Waals surface area contributed by atoms with Gasteiger partial charge in [0.2, 0.25) is 15.9 Å². The Morgan fingerprint density at radius 1 is 1.37 bits per heavy atom. The fourth-order valence-electron chi connectivity index (χ4n) is 3.46. The van der Waals surface area contributed by atoms with Gasteiger partial charge in [0.25, 0.3) is 0 Å². The van der Waals surface area contributed by atoms with E-state index >= 15 is 0 Å². The molecule has 8 heteroatoms. The lowest BCUT2D eigenvalue weighted by Crippen LogP contribution is -2.43. The molecule has 1 unspecified atom stereocenters. The number of piperidine rings is 1. The third-order valence-corrected chi connectivity index (χ3v) is 7.03. The Morgan fingerprint density at radius 3 is 2.81 bits per heavy atom. The van der Waals surface area contributed by atoms with E-state index in [4.69, 9.17) is 4.52 Å². The Bertz CT molecular complexity index is 917. The number of nitrogens with zero attached hydrogens (tertiary/aromatic N) is 2. The first-order chi connectivity index (χ1) is 12.8. The average molecular weight is 391 g/mol. The number of hydrogen-bond acceptors (Lipinski definition) is 5. The summed E-state index contributed by atoms with van der Waals surface area (Å²) in [5, 5.41) is 6.67. The van der Waals surface area contributed by atoms with Crippen LogP contribution in [-0.2, 0) is 21.2 Å². The lowest BCUT2D eigenvalue weighted by molar-refractivity contribution is -0.120. The molecule has 7 nitrogen and oxygen atoms in total. The molecule has 1 atom stereocenters. The highest BCUT2D eigenvalue weighted by Gasteiger charge is 2.36. The molecule has 0 spiro atoms. The average Bonchev–Trinajstić information content (AvgIpc) is 3.01. The second-order valence-electron chi connectivity index (χ2n) is 6.90. The minimum Gasteiger partial charge on any atom is -0.360 e. The Hall–Kier alpha value is -2.19. The van der Waals surface area contributed by atoms with Crippen LogP contribution in [0.5, 0.6) is 0 Å². The van der Waals surface area contributed by atoms with Crippen molar-refractivity contribution in [2.45, 2.75) is 44.9 Å². The molecule has 1 fully saturated rings. The van der Waals surface area contributed by atoms with Crippen molar-refractivity contribution < 1.29 is 17.7 Å². The van der Waals surface area contributed by atoms with Crippen LogP contribution < -0.4 is 5.32 Å². The number of aromatic nitrogens is 1. The van der Waals surface area contributed by atoms with Crippen LogP contribution in [0.25, 0.3) is 0 Å². The monoisotopic (exact) mass is 391 g/mol. The molecule has 1 amide bonds. The molecule has 2 heterocycles. The van der Waals surface area contributed by atoms with Gasteiger partial charge in [0, 0.05) is 18.8 Å². The minimum atomic E-state index is -3.73. The number of benzene rings is 1. The summed E-state index contributed by atoms with van der Waals surface area (Å²) in [5.74, 6) is -0.267. The van der Waals surface area contributed by atoms with Crippen molar-refractivity contribution >= 4 is 21.6 Å². The predicted molar refractivity (Wildman–Crippen MR) is 102 cm³/mol. The highest BCUT2D eigenvalue weighted by atomic mass is 32.2. The Kier molecular flexibility index (Phi) is 5.67. The molecule has 0 bridgehead atoms. The van der Waals surface area contributed by atoms with Crippen LogP contribution in [0.3, 0.4) is 0 Å². The summed E-state index contributed by atoms with van der Waals surface area (Å²) in [6.45, 7) is 5.80. The molecule has 1 aromatic carbocycles. The van der Waals surface area contributed by atoms with Gasteiger partial charge in [-0.15, -0.1) is 0 Å². The molecule has 1 aromatic heterocycles. The van der Waals surface area contributed by atoms with Gasteiger partial charge in [0.1, 0.15) is 10.6 Å². The zero-order valence-electron chi connectivity index (χ0n) is 15.9. The van der Waals surface area contributed by atoms with E-state index < -0.39 is 10.0 Å². The smallest absolute Gasteiger partial charge is 0.248 e. The van der Waals surface area contributed by atoms with Crippen LogP contribution in [0.15, 0.2) is 33.7 Å². The number of rotatable bonds is 5. The quantitative estimate of drug-likeness (QED) is 0.846. The molecule has 3 rings (SSSR count). The van der Waals surface area contributed by atoms with Crippen molar-refractivity contribution in [2.75, 3.05) is 18.4 Å². The number of nitrogens with one attached hydrogen (secondary N) is 1. The van der Waals surface area contributed by atoms with E-state index in [0.29, 0.717) is 25.1 Å². The topological polar surface area (TPSA) is 92.5 Å². The molecule has 1 aliphatic rings. The van der Waals surface area contributed by atoms with Gasteiger partial charge in [-0.2, -0.15) is 4.31 Å². The normalized spacial score (nSPS) is 18.4. The third-order valence-electron chi connectivity index (χ3n) is 4.92. The summed E-state index contributed by atoms with van der Waals surface area (Å²) in [6.07, 6.45) is 2.18. The standard InChI is InChI=1S/C19H25N3O4S/c1-4-15-7-5-9-17(11-15)20-19(23)16-8-6-10-22(12-16)27(24,25)18-13(2)21-26-14(18)3/h5,7,9,11,16H,4,6,8,10,12H2,1-3H3,(H,20,23). The zero-order valence-corrected chi connectivity index (χ0v) is 16.7. The fourth-order valence-corrected chi connectivity index (χ4v) is 5.28. The van der Waals surface area contributed by atoms with Crippen LogP contribution in [0.1, 0.15) is 36.8 Å². The van der Waals surface area contributed by atoms with Crippen molar-refractivity contribution in [3.8, 4) is 0 Å². The first-order valence-corrected chi connectivity index (χ1v) is 10.6. The number of hydrogen-bond donors (Lipinski definition) is 1. The van der Waals surface area contributed by atoms with E-state index in [1.807, 2.05) is 24.3 Å². The van der Waals surface area contributed by atoms with Crippen LogP contribution in [0, 0.1) is 19.8 Å². The summed E-state index contributed by atoms with van der Waals surface area (Å²) in [4.78, 5) is 12.8. The Morgan fingerprint density at radius 2 is 2.15 bits per heavy atom. The van der Waals surface area contributed by atoms with E-state index in [1.165, 1.54) is 4.31 Å². The summed E-state index contributed by atoms with van der Waals surface area (Å²) < 4.78 is 32.4. The van der Waals surface area contributed by atoms with Crippen molar-refractivity contribution in [1.29, 1.82) is 0 Å². The molecule has 27 heavy (non-hydrogen) atoms. The molecule has 2 aromatic rings. The molecule has 1 N–H and O–H groups in total. The molecular formula is C19H25N3O4S. The largest absolute Gasteiger partial charge is 0.360 e. The maximum atomic E-state index is 13.0. The third kappa shape index (κ3) is 4.06. The molecular weight excluding hydrogens is 366 g/mol. The van der Waals surface area contributed by atoms with Crippen molar-refractivity contribution in [3.05, 3.63) is 41.3 Å². The number of aryl methyl sites for hydroxylation is 3. The SMILES string of the molecule is CCc1cccc(NC(=O)C2CCCN(S(=O)(=O)c3c(C)noc3C)C2)c1. The van der Waals surface area contributed by atoms with E-state index in [9.17, 15) is 13.2 Å². The molecule has 1 aliphatic heterocycles.